The first-order valence-electron chi connectivity index (χ1n) is 4.84. The first-order chi connectivity index (χ1) is 7.08. The van der Waals surface area contributed by atoms with E-state index in [4.69, 9.17) is 11.6 Å². The van der Waals surface area contributed by atoms with Gasteiger partial charge in [0.15, 0.2) is 0 Å². The molecule has 0 aliphatic carbocycles. The standard InChI is InChI=1S/C10H16ClNO3/c1-7(4-11)5-12-6-8(13)3-9(12)10(14)15-2/h4,8-9,13H,3,5-6H2,1-2H3. The number of rotatable bonds is 3. The van der Waals surface area contributed by atoms with Crippen LogP contribution in [0.1, 0.15) is 13.3 Å². The summed E-state index contributed by atoms with van der Waals surface area (Å²) in [6.45, 7) is 2.95. The molecular weight excluding hydrogens is 218 g/mol. The Balaban J connectivity index is 2.64. The van der Waals surface area contributed by atoms with Crippen molar-refractivity contribution in [2.75, 3.05) is 20.2 Å². The Morgan fingerprint density at radius 1 is 1.73 bits per heavy atom. The van der Waals surface area contributed by atoms with E-state index >= 15 is 0 Å². The number of esters is 1. The average molecular weight is 234 g/mol. The molecule has 0 amide bonds. The number of aliphatic hydroxyl groups is 1. The number of aliphatic hydroxyl groups excluding tert-OH is 1. The molecule has 0 aromatic rings. The molecule has 1 rings (SSSR count). The zero-order valence-electron chi connectivity index (χ0n) is 8.94. The Labute approximate surface area is 94.5 Å². The van der Waals surface area contributed by atoms with E-state index in [1.54, 1.807) is 0 Å². The smallest absolute Gasteiger partial charge is 0.323 e. The van der Waals surface area contributed by atoms with Crippen LogP contribution in [0, 0.1) is 0 Å². The normalized spacial score (nSPS) is 28.1. The summed E-state index contributed by atoms with van der Waals surface area (Å²) >= 11 is 5.56. The van der Waals surface area contributed by atoms with Gasteiger partial charge in [0.2, 0.25) is 0 Å². The molecule has 0 bridgehead atoms. The fourth-order valence-corrected chi connectivity index (χ4v) is 1.86. The van der Waals surface area contributed by atoms with Gasteiger partial charge < -0.3 is 9.84 Å². The Morgan fingerprint density at radius 3 is 2.93 bits per heavy atom. The summed E-state index contributed by atoms with van der Waals surface area (Å²) in [4.78, 5) is 13.3. The lowest BCUT2D eigenvalue weighted by atomic mass is 10.2. The molecular formula is C10H16ClNO3. The van der Waals surface area contributed by atoms with Crippen LogP contribution in [0.15, 0.2) is 11.1 Å². The number of hydrogen-bond donors (Lipinski definition) is 1. The lowest BCUT2D eigenvalue weighted by Crippen LogP contribution is -2.37. The molecule has 0 spiro atoms. The summed E-state index contributed by atoms with van der Waals surface area (Å²) in [6, 6.07) is -0.350. The maximum Gasteiger partial charge on any atom is 0.323 e. The number of carbonyl (C=O) groups excluding carboxylic acids is 1. The third kappa shape index (κ3) is 3.19. The summed E-state index contributed by atoms with van der Waals surface area (Å²) in [5.74, 6) is -0.297. The zero-order valence-corrected chi connectivity index (χ0v) is 9.70. The number of likely N-dealkylation sites (tertiary alicyclic amines) is 1. The number of nitrogens with zero attached hydrogens (tertiary/aromatic N) is 1. The quantitative estimate of drug-likeness (QED) is 0.731. The lowest BCUT2D eigenvalue weighted by Gasteiger charge is -2.21. The van der Waals surface area contributed by atoms with Crippen LogP contribution < -0.4 is 0 Å². The van der Waals surface area contributed by atoms with Crippen LogP contribution in [-0.4, -0.2) is 48.3 Å². The van der Waals surface area contributed by atoms with Gasteiger partial charge in [-0.05, 0) is 12.5 Å². The summed E-state index contributed by atoms with van der Waals surface area (Å²) in [6.07, 6.45) is -0.0281. The van der Waals surface area contributed by atoms with Gasteiger partial charge in [0, 0.05) is 25.0 Å². The number of ether oxygens (including phenoxy) is 1. The molecule has 0 radical (unpaired) electrons. The minimum absolute atomic E-state index is 0.297. The van der Waals surface area contributed by atoms with Crippen LogP contribution in [0.2, 0.25) is 0 Å². The van der Waals surface area contributed by atoms with Gasteiger partial charge in [-0.3, -0.25) is 9.69 Å². The molecule has 1 N–H and O–H groups in total. The third-order valence-electron chi connectivity index (χ3n) is 2.49. The lowest BCUT2D eigenvalue weighted by molar-refractivity contribution is -0.145. The molecule has 1 saturated heterocycles. The van der Waals surface area contributed by atoms with E-state index in [-0.39, 0.29) is 12.0 Å². The first kappa shape index (κ1) is 12.5. The molecule has 2 unspecified atom stereocenters. The van der Waals surface area contributed by atoms with E-state index in [0.717, 1.165) is 5.57 Å². The molecule has 0 aromatic heterocycles. The predicted molar refractivity (Wildman–Crippen MR) is 57.6 cm³/mol. The van der Waals surface area contributed by atoms with Crippen LogP contribution in [0.3, 0.4) is 0 Å². The molecule has 1 aliphatic heterocycles. The van der Waals surface area contributed by atoms with Gasteiger partial charge in [-0.15, -0.1) is 0 Å². The van der Waals surface area contributed by atoms with Crippen LogP contribution in [0.5, 0.6) is 0 Å². The topological polar surface area (TPSA) is 49.8 Å². The Morgan fingerprint density at radius 2 is 2.40 bits per heavy atom. The Kier molecular flexibility index (Phi) is 4.57. The second-order valence-electron chi connectivity index (χ2n) is 3.81. The minimum Gasteiger partial charge on any atom is -0.468 e. The largest absolute Gasteiger partial charge is 0.468 e. The molecule has 0 aromatic carbocycles. The molecule has 1 heterocycles. The maximum absolute atomic E-state index is 11.4. The van der Waals surface area contributed by atoms with Gasteiger partial charge in [-0.25, -0.2) is 0 Å². The highest BCUT2D eigenvalue weighted by molar-refractivity contribution is 6.25. The highest BCUT2D eigenvalue weighted by Gasteiger charge is 2.36. The van der Waals surface area contributed by atoms with Crippen molar-refractivity contribution in [3.05, 3.63) is 11.1 Å². The van der Waals surface area contributed by atoms with E-state index in [1.165, 1.54) is 12.6 Å². The Bertz CT molecular complexity index is 267. The predicted octanol–water partition coefficient (Wildman–Crippen LogP) is 0.737. The van der Waals surface area contributed by atoms with E-state index in [0.29, 0.717) is 19.5 Å². The van der Waals surface area contributed by atoms with Gasteiger partial charge in [-0.1, -0.05) is 11.6 Å². The van der Waals surface area contributed by atoms with Crippen LogP contribution in [-0.2, 0) is 9.53 Å². The van der Waals surface area contributed by atoms with Crippen molar-refractivity contribution < 1.29 is 14.6 Å². The maximum atomic E-state index is 11.4. The van der Waals surface area contributed by atoms with Gasteiger partial charge in [0.1, 0.15) is 6.04 Å². The second kappa shape index (κ2) is 5.49. The molecule has 2 atom stereocenters. The molecule has 0 saturated carbocycles. The van der Waals surface area contributed by atoms with Crippen molar-refractivity contribution in [1.29, 1.82) is 0 Å². The van der Waals surface area contributed by atoms with Gasteiger partial charge >= 0.3 is 5.97 Å². The summed E-state index contributed by atoms with van der Waals surface area (Å²) in [5.41, 5.74) is 2.44. The van der Waals surface area contributed by atoms with E-state index in [1.807, 2.05) is 11.8 Å². The monoisotopic (exact) mass is 233 g/mol. The van der Waals surface area contributed by atoms with E-state index in [9.17, 15) is 9.90 Å². The van der Waals surface area contributed by atoms with Gasteiger partial charge in [0.25, 0.3) is 0 Å². The summed E-state index contributed by atoms with van der Waals surface area (Å²) < 4.78 is 4.68. The number of halogens is 1. The molecule has 4 nitrogen and oxygen atoms in total. The number of carbonyl (C=O) groups is 1. The van der Waals surface area contributed by atoms with Crippen molar-refractivity contribution >= 4 is 17.6 Å². The van der Waals surface area contributed by atoms with E-state index < -0.39 is 6.10 Å². The molecule has 86 valence electrons. The van der Waals surface area contributed by atoms with Crippen LogP contribution >= 0.6 is 11.6 Å². The average Bonchev–Trinajstić information content (AvgIpc) is 2.58. The van der Waals surface area contributed by atoms with Crippen molar-refractivity contribution in [2.45, 2.75) is 25.5 Å². The minimum atomic E-state index is -0.461. The highest BCUT2D eigenvalue weighted by atomic mass is 35.5. The van der Waals surface area contributed by atoms with Gasteiger partial charge in [0.05, 0.1) is 13.2 Å². The van der Waals surface area contributed by atoms with Crippen molar-refractivity contribution in [2.24, 2.45) is 0 Å². The van der Waals surface area contributed by atoms with Crippen LogP contribution in [0.4, 0.5) is 0 Å². The molecule has 1 fully saturated rings. The molecule has 15 heavy (non-hydrogen) atoms. The zero-order chi connectivity index (χ0) is 11.4. The van der Waals surface area contributed by atoms with Gasteiger partial charge in [-0.2, -0.15) is 0 Å². The third-order valence-corrected chi connectivity index (χ3v) is 2.87. The van der Waals surface area contributed by atoms with Crippen molar-refractivity contribution in [3.63, 3.8) is 0 Å². The summed E-state index contributed by atoms with van der Waals surface area (Å²) in [5, 5.41) is 9.50. The Hall–Kier alpha value is -0.580. The highest BCUT2D eigenvalue weighted by Crippen LogP contribution is 2.20. The fraction of sp³-hybridized carbons (Fsp3) is 0.700. The SMILES string of the molecule is COC(=O)C1CC(O)CN1CC(C)=CCl. The van der Waals surface area contributed by atoms with Crippen LogP contribution in [0.25, 0.3) is 0 Å². The number of methoxy groups -OCH3 is 1. The van der Waals surface area contributed by atoms with E-state index in [2.05, 4.69) is 4.74 Å². The number of β-amino-alcohol motifs (C(OH)–C–C–N with tert-alkyl or cyclic N) is 1. The first-order valence-corrected chi connectivity index (χ1v) is 5.28. The summed E-state index contributed by atoms with van der Waals surface area (Å²) in [7, 11) is 1.36. The number of hydrogen-bond acceptors (Lipinski definition) is 4. The van der Waals surface area contributed by atoms with Crippen molar-refractivity contribution in [1.82, 2.24) is 4.90 Å². The molecule has 1 aliphatic rings. The fourth-order valence-electron chi connectivity index (χ4n) is 1.79. The molecule has 5 heteroatoms. The second-order valence-corrected chi connectivity index (χ2v) is 4.03. The van der Waals surface area contributed by atoms with Crippen molar-refractivity contribution in [3.8, 4) is 0 Å².